The van der Waals surface area contributed by atoms with E-state index in [4.69, 9.17) is 5.73 Å². The highest BCUT2D eigenvalue weighted by Gasteiger charge is 2.32. The summed E-state index contributed by atoms with van der Waals surface area (Å²) in [5.41, 5.74) is 6.63. The van der Waals surface area contributed by atoms with Crippen molar-refractivity contribution in [3.05, 3.63) is 65.9 Å². The number of carbonyl (C=O) groups excluding carboxylic acids is 1. The molecular formula is C21H19F3N8O. The summed E-state index contributed by atoms with van der Waals surface area (Å²) >= 11 is 0. The van der Waals surface area contributed by atoms with Crippen LogP contribution >= 0.6 is 0 Å². The molecule has 0 aliphatic rings. The third-order valence-electron chi connectivity index (χ3n) is 4.93. The van der Waals surface area contributed by atoms with Gasteiger partial charge in [-0.15, -0.1) is 0 Å². The van der Waals surface area contributed by atoms with Crippen molar-refractivity contribution in [2.75, 3.05) is 23.0 Å². The molecule has 170 valence electrons. The van der Waals surface area contributed by atoms with Crippen molar-refractivity contribution in [3.8, 4) is 0 Å². The van der Waals surface area contributed by atoms with E-state index >= 15 is 0 Å². The predicted octanol–water partition coefficient (Wildman–Crippen LogP) is 3.85. The lowest BCUT2D eigenvalue weighted by atomic mass is 10.1. The van der Waals surface area contributed by atoms with Gasteiger partial charge >= 0.3 is 12.2 Å². The number of nitrogens with one attached hydrogen (secondary N) is 1. The van der Waals surface area contributed by atoms with Gasteiger partial charge in [0.05, 0.1) is 29.1 Å². The summed E-state index contributed by atoms with van der Waals surface area (Å²) in [4.78, 5) is 25.6. The minimum atomic E-state index is -4.53. The fourth-order valence-electron chi connectivity index (χ4n) is 3.37. The Morgan fingerprint density at radius 1 is 1.18 bits per heavy atom. The number of anilines is 3. The molecule has 3 N–H and O–H groups in total. The Kier molecular flexibility index (Phi) is 5.58. The molecule has 1 aromatic carbocycles. The van der Waals surface area contributed by atoms with Gasteiger partial charge < -0.3 is 11.1 Å². The van der Waals surface area contributed by atoms with E-state index in [0.29, 0.717) is 28.1 Å². The quantitative estimate of drug-likeness (QED) is 0.482. The fourth-order valence-corrected chi connectivity index (χ4v) is 3.37. The third-order valence-corrected chi connectivity index (χ3v) is 4.93. The number of hydrogen-bond acceptors (Lipinski definition) is 6. The second kappa shape index (κ2) is 8.37. The highest BCUT2D eigenvalue weighted by Crippen LogP contribution is 2.29. The Morgan fingerprint density at radius 2 is 1.94 bits per heavy atom. The van der Waals surface area contributed by atoms with Crippen LogP contribution in [0.2, 0.25) is 0 Å². The van der Waals surface area contributed by atoms with E-state index in [1.165, 1.54) is 36.5 Å². The maximum atomic E-state index is 13.0. The number of pyridine rings is 1. The molecule has 0 atom stereocenters. The largest absolute Gasteiger partial charge is 0.433 e. The minimum Gasteiger partial charge on any atom is -0.384 e. The van der Waals surface area contributed by atoms with Gasteiger partial charge in [-0.1, -0.05) is 12.1 Å². The normalized spacial score (nSPS) is 11.5. The summed E-state index contributed by atoms with van der Waals surface area (Å²) < 4.78 is 40.6. The molecule has 12 heteroatoms. The first-order valence-corrected chi connectivity index (χ1v) is 9.75. The molecule has 4 rings (SSSR count). The van der Waals surface area contributed by atoms with Gasteiger partial charge in [-0.05, 0) is 31.2 Å². The molecule has 0 spiro atoms. The van der Waals surface area contributed by atoms with Crippen LogP contribution in [-0.2, 0) is 12.7 Å². The zero-order valence-electron chi connectivity index (χ0n) is 17.6. The Labute approximate surface area is 186 Å². The molecule has 0 saturated carbocycles. The predicted molar refractivity (Wildman–Crippen MR) is 117 cm³/mol. The van der Waals surface area contributed by atoms with Crippen LogP contribution in [0.1, 0.15) is 17.1 Å². The minimum absolute atomic E-state index is 0.0335. The van der Waals surface area contributed by atoms with E-state index in [2.05, 4.69) is 25.4 Å². The van der Waals surface area contributed by atoms with Gasteiger partial charge in [0.15, 0.2) is 0 Å². The average Bonchev–Trinajstić information content (AvgIpc) is 3.09. The van der Waals surface area contributed by atoms with Crippen LogP contribution in [0.15, 0.2) is 48.8 Å². The Bertz CT molecular complexity index is 1330. The van der Waals surface area contributed by atoms with Crippen LogP contribution < -0.4 is 16.0 Å². The number of amides is 2. The number of halogens is 3. The van der Waals surface area contributed by atoms with Crippen molar-refractivity contribution in [2.24, 2.45) is 0 Å². The van der Waals surface area contributed by atoms with Crippen LogP contribution in [0.25, 0.3) is 10.9 Å². The molecule has 0 aliphatic heterocycles. The van der Waals surface area contributed by atoms with E-state index < -0.39 is 17.9 Å². The lowest BCUT2D eigenvalue weighted by molar-refractivity contribution is -0.141. The van der Waals surface area contributed by atoms with Crippen LogP contribution in [-0.4, -0.2) is 37.8 Å². The SMILES string of the molecule is Cc1nn(Cc2cccc(C(F)(F)F)n2)c2cccc(NC(=O)N(C)c3cc(N)ncn3)c12. The van der Waals surface area contributed by atoms with Gasteiger partial charge in [0.1, 0.15) is 23.7 Å². The molecule has 0 saturated heterocycles. The number of carbonyl (C=O) groups is 1. The van der Waals surface area contributed by atoms with Gasteiger partial charge in [0, 0.05) is 18.5 Å². The number of hydrogen-bond donors (Lipinski definition) is 2. The van der Waals surface area contributed by atoms with Gasteiger partial charge in [-0.3, -0.25) is 9.58 Å². The first-order valence-electron chi connectivity index (χ1n) is 9.75. The van der Waals surface area contributed by atoms with Crippen molar-refractivity contribution in [3.63, 3.8) is 0 Å². The zero-order chi connectivity index (χ0) is 23.8. The third kappa shape index (κ3) is 4.54. The molecule has 2 amide bonds. The Hall–Kier alpha value is -4.22. The first kappa shape index (κ1) is 22.0. The topological polar surface area (TPSA) is 115 Å². The van der Waals surface area contributed by atoms with E-state index in [0.717, 1.165) is 6.07 Å². The van der Waals surface area contributed by atoms with Crippen LogP contribution in [0, 0.1) is 6.92 Å². The van der Waals surface area contributed by atoms with Crippen molar-refractivity contribution >= 4 is 34.3 Å². The number of fused-ring (bicyclic) bond motifs is 1. The molecule has 3 heterocycles. The fraction of sp³-hybridized carbons (Fsp3) is 0.190. The van der Waals surface area contributed by atoms with Crippen LogP contribution in [0.3, 0.4) is 0 Å². The molecule has 0 radical (unpaired) electrons. The number of aryl methyl sites for hydroxylation is 1. The number of alkyl halides is 3. The summed E-state index contributed by atoms with van der Waals surface area (Å²) in [6, 6.07) is 9.94. The molecule has 0 unspecified atom stereocenters. The van der Waals surface area contributed by atoms with E-state index in [9.17, 15) is 18.0 Å². The number of nitrogens with zero attached hydrogens (tertiary/aromatic N) is 6. The van der Waals surface area contributed by atoms with Gasteiger partial charge in [-0.2, -0.15) is 18.3 Å². The number of nitrogen functional groups attached to an aromatic ring is 1. The smallest absolute Gasteiger partial charge is 0.384 e. The van der Waals surface area contributed by atoms with Gasteiger partial charge in [0.2, 0.25) is 0 Å². The monoisotopic (exact) mass is 456 g/mol. The highest BCUT2D eigenvalue weighted by atomic mass is 19.4. The number of aromatic nitrogens is 5. The Morgan fingerprint density at radius 3 is 2.67 bits per heavy atom. The lowest BCUT2D eigenvalue weighted by Gasteiger charge is -2.17. The van der Waals surface area contributed by atoms with Gasteiger partial charge in [0.25, 0.3) is 0 Å². The van der Waals surface area contributed by atoms with E-state index in [-0.39, 0.29) is 18.1 Å². The van der Waals surface area contributed by atoms with Crippen molar-refractivity contribution in [1.82, 2.24) is 24.7 Å². The standard InChI is InChI=1S/C21H19F3N8O/c1-12-19-14(29-20(33)31(2)18-9-17(25)26-11-27-18)6-4-7-15(19)32(30-12)10-13-5-3-8-16(28-13)21(22,23)24/h3-9,11H,10H2,1-2H3,(H,29,33)(H2,25,26,27). The number of rotatable bonds is 4. The summed E-state index contributed by atoms with van der Waals surface area (Å²) in [5.74, 6) is 0.539. The maximum Gasteiger partial charge on any atom is 0.433 e. The number of benzene rings is 1. The molecule has 0 aliphatic carbocycles. The first-order chi connectivity index (χ1) is 15.6. The van der Waals surface area contributed by atoms with E-state index in [1.54, 1.807) is 29.8 Å². The summed E-state index contributed by atoms with van der Waals surface area (Å²) in [7, 11) is 1.53. The van der Waals surface area contributed by atoms with Crippen molar-refractivity contribution in [1.29, 1.82) is 0 Å². The molecule has 33 heavy (non-hydrogen) atoms. The number of urea groups is 1. The summed E-state index contributed by atoms with van der Waals surface area (Å²) in [6.07, 6.45) is -3.28. The second-order valence-electron chi connectivity index (χ2n) is 7.24. The van der Waals surface area contributed by atoms with Crippen LogP contribution in [0.5, 0.6) is 0 Å². The molecule has 0 fully saturated rings. The van der Waals surface area contributed by atoms with Gasteiger partial charge in [-0.25, -0.2) is 19.7 Å². The number of nitrogens with two attached hydrogens (primary N) is 1. The Balaban J connectivity index is 1.63. The van der Waals surface area contributed by atoms with Crippen LogP contribution in [0.4, 0.5) is 35.3 Å². The molecular weight excluding hydrogens is 437 g/mol. The van der Waals surface area contributed by atoms with E-state index in [1.807, 2.05) is 0 Å². The molecule has 9 nitrogen and oxygen atoms in total. The van der Waals surface area contributed by atoms with Crippen molar-refractivity contribution < 1.29 is 18.0 Å². The molecule has 3 aromatic heterocycles. The van der Waals surface area contributed by atoms with Crippen molar-refractivity contribution in [2.45, 2.75) is 19.6 Å². The zero-order valence-corrected chi connectivity index (χ0v) is 17.6. The maximum absolute atomic E-state index is 13.0. The summed E-state index contributed by atoms with van der Waals surface area (Å²) in [6.45, 7) is 1.79. The molecule has 4 aromatic rings. The lowest BCUT2D eigenvalue weighted by Crippen LogP contribution is -2.32. The second-order valence-corrected chi connectivity index (χ2v) is 7.24. The average molecular weight is 456 g/mol. The summed E-state index contributed by atoms with van der Waals surface area (Å²) in [5, 5.41) is 7.93. The molecule has 0 bridgehead atoms. The highest BCUT2D eigenvalue weighted by molar-refractivity contribution is 6.07.